The summed E-state index contributed by atoms with van der Waals surface area (Å²) in [6.07, 6.45) is 2.91. The van der Waals surface area contributed by atoms with Crippen LogP contribution in [0.2, 0.25) is 0 Å². The van der Waals surface area contributed by atoms with E-state index < -0.39 is 0 Å². The average Bonchev–Trinajstić information content (AvgIpc) is 1.86. The van der Waals surface area contributed by atoms with Gasteiger partial charge in [0.05, 0.1) is 0 Å². The summed E-state index contributed by atoms with van der Waals surface area (Å²) >= 11 is 0. The Balaban J connectivity index is 1.99. The molecule has 2 atom stereocenters. The summed E-state index contributed by atoms with van der Waals surface area (Å²) in [6, 6.07) is 0. The van der Waals surface area contributed by atoms with Crippen LogP contribution in [0.15, 0.2) is 0 Å². The van der Waals surface area contributed by atoms with Crippen molar-refractivity contribution in [2.45, 2.75) is 26.7 Å². The van der Waals surface area contributed by atoms with Gasteiger partial charge in [-0.1, -0.05) is 20.3 Å². The van der Waals surface area contributed by atoms with Crippen molar-refractivity contribution >= 4 is 0 Å². The van der Waals surface area contributed by atoms with E-state index in [0.29, 0.717) is 0 Å². The van der Waals surface area contributed by atoms with Crippen molar-refractivity contribution in [3.05, 3.63) is 0 Å². The van der Waals surface area contributed by atoms with E-state index in [0.717, 1.165) is 18.4 Å². The molecule has 0 aromatic carbocycles. The second-order valence-electron chi connectivity index (χ2n) is 3.12. The predicted octanol–water partition coefficient (Wildman–Crippen LogP) is 1.64. The highest BCUT2D eigenvalue weighted by atomic mass is 14.8. The Morgan fingerprint density at radius 2 is 2.22 bits per heavy atom. The van der Waals surface area contributed by atoms with Gasteiger partial charge in [0.2, 0.25) is 0 Å². The van der Waals surface area contributed by atoms with E-state index in [9.17, 15) is 0 Å². The summed E-state index contributed by atoms with van der Waals surface area (Å²) in [5, 5.41) is 3.38. The first-order chi connectivity index (χ1) is 4.34. The van der Waals surface area contributed by atoms with Crippen molar-refractivity contribution in [2.75, 3.05) is 13.1 Å². The Morgan fingerprint density at radius 1 is 1.44 bits per heavy atom. The SMILES string of the molecule is CCNC[C@H]1CC[C@@H]1C. The van der Waals surface area contributed by atoms with Crippen LogP contribution in [0.1, 0.15) is 26.7 Å². The molecule has 0 amide bonds. The van der Waals surface area contributed by atoms with E-state index in [4.69, 9.17) is 0 Å². The van der Waals surface area contributed by atoms with Crippen LogP contribution >= 0.6 is 0 Å². The Bertz CT molecular complexity index is 80.6. The zero-order chi connectivity index (χ0) is 6.69. The first-order valence-electron chi connectivity index (χ1n) is 4.05. The molecule has 1 N–H and O–H groups in total. The highest BCUT2D eigenvalue weighted by molar-refractivity contribution is 4.78. The minimum atomic E-state index is 0.990. The number of hydrogen-bond acceptors (Lipinski definition) is 1. The molecule has 0 spiro atoms. The van der Waals surface area contributed by atoms with Crippen molar-refractivity contribution in [1.82, 2.24) is 5.32 Å². The van der Waals surface area contributed by atoms with Crippen LogP contribution in [0, 0.1) is 11.8 Å². The number of hydrogen-bond donors (Lipinski definition) is 1. The minimum Gasteiger partial charge on any atom is -0.317 e. The topological polar surface area (TPSA) is 12.0 Å². The molecule has 1 aliphatic carbocycles. The van der Waals surface area contributed by atoms with Crippen molar-refractivity contribution in [1.29, 1.82) is 0 Å². The van der Waals surface area contributed by atoms with Crippen LogP contribution in [0.3, 0.4) is 0 Å². The smallest absolute Gasteiger partial charge is 0.00181 e. The van der Waals surface area contributed by atoms with Crippen LogP contribution in [0.25, 0.3) is 0 Å². The lowest BCUT2D eigenvalue weighted by Crippen LogP contribution is -2.33. The van der Waals surface area contributed by atoms with E-state index in [1.165, 1.54) is 19.4 Å². The van der Waals surface area contributed by atoms with Gasteiger partial charge in [-0.2, -0.15) is 0 Å². The lowest BCUT2D eigenvalue weighted by Gasteiger charge is -2.33. The van der Waals surface area contributed by atoms with E-state index in [1.807, 2.05) is 0 Å². The van der Waals surface area contributed by atoms with Gasteiger partial charge in [-0.15, -0.1) is 0 Å². The summed E-state index contributed by atoms with van der Waals surface area (Å²) in [5.74, 6) is 1.98. The van der Waals surface area contributed by atoms with Crippen molar-refractivity contribution in [3.8, 4) is 0 Å². The predicted molar refractivity (Wildman–Crippen MR) is 40.4 cm³/mol. The lowest BCUT2D eigenvalue weighted by atomic mass is 9.75. The van der Waals surface area contributed by atoms with E-state index in [-0.39, 0.29) is 0 Å². The first-order valence-corrected chi connectivity index (χ1v) is 4.05. The normalized spacial score (nSPS) is 34.0. The molecule has 1 nitrogen and oxygen atoms in total. The molecule has 1 fully saturated rings. The third kappa shape index (κ3) is 1.68. The molecular weight excluding hydrogens is 110 g/mol. The maximum Gasteiger partial charge on any atom is -0.00181 e. The van der Waals surface area contributed by atoms with Crippen LogP contribution in [-0.2, 0) is 0 Å². The monoisotopic (exact) mass is 127 g/mol. The van der Waals surface area contributed by atoms with Crippen molar-refractivity contribution < 1.29 is 0 Å². The molecule has 0 saturated heterocycles. The Kier molecular flexibility index (Phi) is 2.52. The quantitative estimate of drug-likeness (QED) is 0.607. The zero-order valence-electron chi connectivity index (χ0n) is 6.48. The number of rotatable bonds is 3. The Morgan fingerprint density at radius 3 is 2.56 bits per heavy atom. The molecule has 0 radical (unpaired) electrons. The molecular formula is C8H17N. The second kappa shape index (κ2) is 3.21. The lowest BCUT2D eigenvalue weighted by molar-refractivity contribution is 0.192. The van der Waals surface area contributed by atoms with Gasteiger partial charge in [0.25, 0.3) is 0 Å². The van der Waals surface area contributed by atoms with Crippen LogP contribution in [-0.4, -0.2) is 13.1 Å². The molecule has 1 rings (SSSR count). The first kappa shape index (κ1) is 7.07. The van der Waals surface area contributed by atoms with Gasteiger partial charge >= 0.3 is 0 Å². The fourth-order valence-electron chi connectivity index (χ4n) is 1.37. The van der Waals surface area contributed by atoms with Gasteiger partial charge in [-0.05, 0) is 31.3 Å². The molecule has 0 aliphatic heterocycles. The minimum absolute atomic E-state index is 0.990. The van der Waals surface area contributed by atoms with Gasteiger partial charge in [0, 0.05) is 0 Å². The molecule has 0 unspecified atom stereocenters. The molecule has 0 bridgehead atoms. The molecule has 1 aliphatic rings. The van der Waals surface area contributed by atoms with Gasteiger partial charge in [0.1, 0.15) is 0 Å². The zero-order valence-corrected chi connectivity index (χ0v) is 6.48. The summed E-state index contributed by atoms with van der Waals surface area (Å²) in [7, 11) is 0. The van der Waals surface area contributed by atoms with Crippen LogP contribution < -0.4 is 5.32 Å². The van der Waals surface area contributed by atoms with Gasteiger partial charge < -0.3 is 5.32 Å². The largest absolute Gasteiger partial charge is 0.317 e. The second-order valence-corrected chi connectivity index (χ2v) is 3.12. The standard InChI is InChI=1S/C8H17N/c1-3-9-6-8-5-4-7(8)2/h7-9H,3-6H2,1-2H3/t7-,8+/m0/s1. The van der Waals surface area contributed by atoms with Crippen LogP contribution in [0.4, 0.5) is 0 Å². The fraction of sp³-hybridized carbons (Fsp3) is 1.00. The number of nitrogens with one attached hydrogen (secondary N) is 1. The average molecular weight is 127 g/mol. The summed E-state index contributed by atoms with van der Waals surface area (Å²) in [4.78, 5) is 0. The molecule has 54 valence electrons. The highest BCUT2D eigenvalue weighted by Gasteiger charge is 2.25. The molecule has 0 heterocycles. The Labute approximate surface area is 57.8 Å². The molecule has 9 heavy (non-hydrogen) atoms. The molecule has 0 aromatic rings. The van der Waals surface area contributed by atoms with E-state index in [2.05, 4.69) is 19.2 Å². The molecule has 0 aromatic heterocycles. The van der Waals surface area contributed by atoms with Crippen molar-refractivity contribution in [3.63, 3.8) is 0 Å². The maximum absolute atomic E-state index is 3.38. The van der Waals surface area contributed by atoms with E-state index >= 15 is 0 Å². The van der Waals surface area contributed by atoms with Crippen molar-refractivity contribution in [2.24, 2.45) is 11.8 Å². The highest BCUT2D eigenvalue weighted by Crippen LogP contribution is 2.32. The third-order valence-corrected chi connectivity index (χ3v) is 2.45. The third-order valence-electron chi connectivity index (χ3n) is 2.45. The van der Waals surface area contributed by atoms with Crippen LogP contribution in [0.5, 0.6) is 0 Å². The summed E-state index contributed by atoms with van der Waals surface area (Å²) in [5.41, 5.74) is 0. The van der Waals surface area contributed by atoms with E-state index in [1.54, 1.807) is 0 Å². The van der Waals surface area contributed by atoms with Gasteiger partial charge in [-0.3, -0.25) is 0 Å². The van der Waals surface area contributed by atoms with Gasteiger partial charge in [-0.25, -0.2) is 0 Å². The molecule has 1 saturated carbocycles. The summed E-state index contributed by atoms with van der Waals surface area (Å²) in [6.45, 7) is 6.90. The maximum atomic E-state index is 3.38. The molecule has 1 heteroatoms. The summed E-state index contributed by atoms with van der Waals surface area (Å²) < 4.78 is 0. The fourth-order valence-corrected chi connectivity index (χ4v) is 1.37. The van der Waals surface area contributed by atoms with Gasteiger partial charge in [0.15, 0.2) is 0 Å². The Hall–Kier alpha value is -0.0400.